The molecule has 1 atom stereocenters. The Morgan fingerprint density at radius 1 is 1.06 bits per heavy atom. The largest absolute Gasteiger partial charge is 0.493 e. The zero-order valence-electron chi connectivity index (χ0n) is 17.3. The summed E-state index contributed by atoms with van der Waals surface area (Å²) in [5.74, 6) is 0.251. The van der Waals surface area contributed by atoms with Crippen LogP contribution in [0.2, 0.25) is 0 Å². The van der Waals surface area contributed by atoms with Gasteiger partial charge in [0.2, 0.25) is 5.91 Å². The lowest BCUT2D eigenvalue weighted by Gasteiger charge is -2.18. The highest BCUT2D eigenvalue weighted by molar-refractivity contribution is 6.09. The molecular formula is C25H21NO5. The summed E-state index contributed by atoms with van der Waals surface area (Å²) in [6, 6.07) is 18.8. The smallest absolute Gasteiger partial charge is 0.337 e. The molecule has 0 saturated carbocycles. The third-order valence-corrected chi connectivity index (χ3v) is 5.89. The van der Waals surface area contributed by atoms with Crippen LogP contribution in [-0.2, 0) is 9.53 Å². The fourth-order valence-electron chi connectivity index (χ4n) is 4.42. The highest BCUT2D eigenvalue weighted by Gasteiger charge is 2.34. The number of carbonyl (C=O) groups is 2. The molecule has 1 amide bonds. The minimum atomic E-state index is -0.424. The van der Waals surface area contributed by atoms with Crippen molar-refractivity contribution in [3.63, 3.8) is 0 Å². The Labute approximate surface area is 179 Å². The molecule has 4 aromatic rings. The zero-order chi connectivity index (χ0) is 21.5. The number of para-hydroxylation sites is 1. The molecule has 2 heterocycles. The van der Waals surface area contributed by atoms with Crippen LogP contribution in [0.4, 0.5) is 5.69 Å². The number of ether oxygens (including phenoxy) is 2. The fourth-order valence-corrected chi connectivity index (χ4v) is 4.42. The maximum atomic E-state index is 12.9. The van der Waals surface area contributed by atoms with E-state index in [0.717, 1.165) is 21.9 Å². The van der Waals surface area contributed by atoms with Gasteiger partial charge in [0.25, 0.3) is 0 Å². The Hall–Kier alpha value is -3.80. The molecule has 1 fully saturated rings. The van der Waals surface area contributed by atoms with Crippen LogP contribution in [0.1, 0.15) is 28.3 Å². The summed E-state index contributed by atoms with van der Waals surface area (Å²) in [4.78, 5) is 26.6. The maximum Gasteiger partial charge on any atom is 0.337 e. The van der Waals surface area contributed by atoms with E-state index < -0.39 is 5.97 Å². The molecule has 0 radical (unpaired) electrons. The van der Waals surface area contributed by atoms with Crippen LogP contribution in [-0.4, -0.2) is 32.6 Å². The van der Waals surface area contributed by atoms with Crippen molar-refractivity contribution in [3.05, 3.63) is 71.8 Å². The second-order valence-electron chi connectivity index (χ2n) is 7.61. The van der Waals surface area contributed by atoms with Crippen LogP contribution in [0, 0.1) is 0 Å². The van der Waals surface area contributed by atoms with Crippen molar-refractivity contribution < 1.29 is 23.5 Å². The van der Waals surface area contributed by atoms with E-state index >= 15 is 0 Å². The van der Waals surface area contributed by atoms with E-state index in [1.807, 2.05) is 42.5 Å². The van der Waals surface area contributed by atoms with Crippen molar-refractivity contribution in [2.24, 2.45) is 0 Å². The molecule has 0 N–H and O–H groups in total. The van der Waals surface area contributed by atoms with Gasteiger partial charge in [-0.25, -0.2) is 4.79 Å². The van der Waals surface area contributed by atoms with Crippen molar-refractivity contribution in [1.29, 1.82) is 0 Å². The first-order chi connectivity index (χ1) is 15.1. The first-order valence-electron chi connectivity index (χ1n) is 10.1. The fraction of sp³-hybridized carbons (Fsp3) is 0.200. The van der Waals surface area contributed by atoms with Gasteiger partial charge in [0, 0.05) is 35.3 Å². The molecule has 1 aliphatic heterocycles. The molecule has 31 heavy (non-hydrogen) atoms. The van der Waals surface area contributed by atoms with Crippen LogP contribution in [0.25, 0.3) is 21.9 Å². The number of esters is 1. The molecule has 1 saturated heterocycles. The first kappa shape index (κ1) is 19.2. The van der Waals surface area contributed by atoms with E-state index in [2.05, 4.69) is 0 Å². The number of methoxy groups -OCH3 is 2. The van der Waals surface area contributed by atoms with Gasteiger partial charge in [-0.2, -0.15) is 0 Å². The Morgan fingerprint density at radius 2 is 1.90 bits per heavy atom. The maximum absolute atomic E-state index is 12.9. The molecule has 6 heteroatoms. The van der Waals surface area contributed by atoms with Gasteiger partial charge in [-0.1, -0.05) is 30.3 Å². The summed E-state index contributed by atoms with van der Waals surface area (Å²) in [6.07, 6.45) is 0.378. The second kappa shape index (κ2) is 7.47. The summed E-state index contributed by atoms with van der Waals surface area (Å²) in [5.41, 5.74) is 3.65. The highest BCUT2D eigenvalue weighted by Crippen LogP contribution is 2.42. The minimum Gasteiger partial charge on any atom is -0.493 e. The molecule has 0 aliphatic carbocycles. The van der Waals surface area contributed by atoms with Gasteiger partial charge in [0.05, 0.1) is 19.8 Å². The molecule has 0 bridgehead atoms. The number of anilines is 1. The van der Waals surface area contributed by atoms with Crippen LogP contribution in [0.5, 0.6) is 5.75 Å². The molecule has 1 unspecified atom stereocenters. The number of nitrogens with zero attached hydrogens (tertiary/aromatic N) is 1. The summed E-state index contributed by atoms with van der Waals surface area (Å²) >= 11 is 0. The number of furan rings is 1. The van der Waals surface area contributed by atoms with Gasteiger partial charge in [0.15, 0.2) is 11.3 Å². The van der Waals surface area contributed by atoms with E-state index in [-0.39, 0.29) is 11.8 Å². The normalized spacial score (nSPS) is 16.3. The third-order valence-electron chi connectivity index (χ3n) is 5.89. The van der Waals surface area contributed by atoms with Crippen molar-refractivity contribution in [2.45, 2.75) is 12.3 Å². The lowest BCUT2D eigenvalue weighted by atomic mass is 9.93. The highest BCUT2D eigenvalue weighted by atomic mass is 16.5. The van der Waals surface area contributed by atoms with Gasteiger partial charge in [-0.15, -0.1) is 0 Å². The summed E-state index contributed by atoms with van der Waals surface area (Å²) in [6.45, 7) is 0.518. The van der Waals surface area contributed by atoms with Gasteiger partial charge >= 0.3 is 5.97 Å². The van der Waals surface area contributed by atoms with Crippen LogP contribution in [0.3, 0.4) is 0 Å². The molecular weight excluding hydrogens is 394 g/mol. The number of rotatable bonds is 4. The third kappa shape index (κ3) is 3.11. The number of benzene rings is 3. The van der Waals surface area contributed by atoms with Gasteiger partial charge in [-0.05, 0) is 35.9 Å². The predicted molar refractivity (Wildman–Crippen MR) is 118 cm³/mol. The van der Waals surface area contributed by atoms with Gasteiger partial charge in [-0.3, -0.25) is 4.79 Å². The Balaban J connectivity index is 1.57. The van der Waals surface area contributed by atoms with E-state index in [4.69, 9.17) is 13.9 Å². The monoisotopic (exact) mass is 415 g/mol. The SMILES string of the molecule is COC(=O)c1cccc(N2CC(c3ccc(OC)c4oc5ccccc5c34)CC2=O)c1. The molecule has 1 aromatic heterocycles. The predicted octanol–water partition coefficient (Wildman–Crippen LogP) is 4.90. The number of fused-ring (bicyclic) bond motifs is 3. The lowest BCUT2D eigenvalue weighted by molar-refractivity contribution is -0.117. The van der Waals surface area contributed by atoms with Crippen molar-refractivity contribution >= 4 is 39.5 Å². The van der Waals surface area contributed by atoms with E-state index in [1.165, 1.54) is 7.11 Å². The zero-order valence-corrected chi connectivity index (χ0v) is 17.3. The quantitative estimate of drug-likeness (QED) is 0.444. The van der Waals surface area contributed by atoms with E-state index in [9.17, 15) is 9.59 Å². The van der Waals surface area contributed by atoms with Crippen molar-refractivity contribution in [2.75, 3.05) is 25.7 Å². The van der Waals surface area contributed by atoms with Crippen molar-refractivity contribution in [1.82, 2.24) is 0 Å². The van der Waals surface area contributed by atoms with E-state index in [0.29, 0.717) is 35.5 Å². The Morgan fingerprint density at radius 3 is 2.71 bits per heavy atom. The number of amides is 1. The topological polar surface area (TPSA) is 69.0 Å². The Bertz CT molecular complexity index is 1320. The molecule has 3 aromatic carbocycles. The average Bonchev–Trinajstić information content (AvgIpc) is 3.39. The van der Waals surface area contributed by atoms with Crippen LogP contribution < -0.4 is 9.64 Å². The summed E-state index contributed by atoms with van der Waals surface area (Å²) in [5, 5.41) is 1.99. The van der Waals surface area contributed by atoms with E-state index in [1.54, 1.807) is 30.2 Å². The first-order valence-corrected chi connectivity index (χ1v) is 10.1. The Kier molecular flexibility index (Phi) is 4.62. The minimum absolute atomic E-state index is 0.0105. The summed E-state index contributed by atoms with van der Waals surface area (Å²) in [7, 11) is 2.97. The van der Waals surface area contributed by atoms with Gasteiger partial charge in [0.1, 0.15) is 5.58 Å². The molecule has 5 rings (SSSR count). The molecule has 6 nitrogen and oxygen atoms in total. The number of hydrogen-bond donors (Lipinski definition) is 0. The second-order valence-corrected chi connectivity index (χ2v) is 7.61. The van der Waals surface area contributed by atoms with Crippen LogP contribution >= 0.6 is 0 Å². The number of carbonyl (C=O) groups excluding carboxylic acids is 2. The van der Waals surface area contributed by atoms with Crippen molar-refractivity contribution in [3.8, 4) is 5.75 Å². The summed E-state index contributed by atoms with van der Waals surface area (Å²) < 4.78 is 16.4. The molecule has 156 valence electrons. The number of hydrogen-bond acceptors (Lipinski definition) is 5. The molecule has 1 aliphatic rings. The molecule has 0 spiro atoms. The standard InChI is InChI=1S/C25H21NO5/c1-29-21-11-10-18(23-19-8-3-4-9-20(19)31-24(21)23)16-13-22(27)26(14-16)17-7-5-6-15(12-17)25(28)30-2/h3-12,16H,13-14H2,1-2H3. The lowest BCUT2D eigenvalue weighted by Crippen LogP contribution is -2.24. The average molecular weight is 415 g/mol. The van der Waals surface area contributed by atoms with Gasteiger partial charge < -0.3 is 18.8 Å². The van der Waals surface area contributed by atoms with Crippen LogP contribution in [0.15, 0.2) is 65.1 Å².